The molecule has 32 heavy (non-hydrogen) atoms. The summed E-state index contributed by atoms with van der Waals surface area (Å²) in [4.78, 5) is 8.43. The SMILES string of the molecule is Nc1ncc(-c2ccc(F)cc2)n1CCCCCCn1c(-c2ccc(F)cc2)cnc1N. The molecule has 0 aliphatic carbocycles. The Labute approximate surface area is 185 Å². The number of nitrogen functional groups attached to an aromatic ring is 2. The van der Waals surface area contributed by atoms with Crippen molar-refractivity contribution in [3.05, 3.63) is 72.6 Å². The summed E-state index contributed by atoms with van der Waals surface area (Å²) in [5.74, 6) is 0.377. The highest BCUT2D eigenvalue weighted by atomic mass is 19.1. The normalized spacial score (nSPS) is 11.2. The lowest BCUT2D eigenvalue weighted by molar-refractivity contribution is 0.547. The first-order valence-corrected chi connectivity index (χ1v) is 10.7. The van der Waals surface area contributed by atoms with Gasteiger partial charge in [0.05, 0.1) is 23.8 Å². The minimum Gasteiger partial charge on any atom is -0.369 e. The number of rotatable bonds is 9. The molecular formula is C24H26F2N6. The van der Waals surface area contributed by atoms with Gasteiger partial charge in [-0.2, -0.15) is 0 Å². The van der Waals surface area contributed by atoms with E-state index in [1.165, 1.54) is 24.3 Å². The highest BCUT2D eigenvalue weighted by molar-refractivity contribution is 5.61. The van der Waals surface area contributed by atoms with E-state index in [9.17, 15) is 8.78 Å². The molecule has 0 spiro atoms. The van der Waals surface area contributed by atoms with Crippen molar-refractivity contribution in [2.45, 2.75) is 38.8 Å². The summed E-state index contributed by atoms with van der Waals surface area (Å²) in [6, 6.07) is 12.7. The molecule has 4 N–H and O–H groups in total. The van der Waals surface area contributed by atoms with Crippen LogP contribution in [0.25, 0.3) is 22.5 Å². The molecule has 2 heterocycles. The molecule has 2 aromatic carbocycles. The maximum Gasteiger partial charge on any atom is 0.200 e. The zero-order valence-corrected chi connectivity index (χ0v) is 17.7. The fourth-order valence-corrected chi connectivity index (χ4v) is 3.85. The molecule has 0 aliphatic heterocycles. The molecule has 4 rings (SSSR count). The quantitative estimate of drug-likeness (QED) is 0.357. The van der Waals surface area contributed by atoms with Crippen molar-refractivity contribution in [3.8, 4) is 22.5 Å². The third kappa shape index (κ3) is 4.80. The number of benzene rings is 2. The number of hydrogen-bond donors (Lipinski definition) is 2. The molecule has 0 aliphatic rings. The summed E-state index contributed by atoms with van der Waals surface area (Å²) < 4.78 is 30.4. The van der Waals surface area contributed by atoms with Crippen LogP contribution in [0.5, 0.6) is 0 Å². The topological polar surface area (TPSA) is 87.7 Å². The Morgan fingerprint density at radius 2 is 0.969 bits per heavy atom. The van der Waals surface area contributed by atoms with Gasteiger partial charge in [0, 0.05) is 24.2 Å². The Morgan fingerprint density at radius 1 is 0.594 bits per heavy atom. The van der Waals surface area contributed by atoms with Gasteiger partial charge in [-0.1, -0.05) is 12.8 Å². The Balaban J connectivity index is 1.30. The van der Waals surface area contributed by atoms with Crippen molar-refractivity contribution in [1.82, 2.24) is 19.1 Å². The summed E-state index contributed by atoms with van der Waals surface area (Å²) in [6.45, 7) is 1.49. The van der Waals surface area contributed by atoms with Crippen LogP contribution in [0.2, 0.25) is 0 Å². The van der Waals surface area contributed by atoms with Crippen molar-refractivity contribution in [2.75, 3.05) is 11.5 Å². The van der Waals surface area contributed by atoms with Crippen molar-refractivity contribution < 1.29 is 8.78 Å². The number of unbranched alkanes of at least 4 members (excludes halogenated alkanes) is 3. The zero-order valence-electron chi connectivity index (χ0n) is 17.7. The van der Waals surface area contributed by atoms with Crippen LogP contribution in [0, 0.1) is 11.6 Å². The van der Waals surface area contributed by atoms with E-state index in [0.717, 1.165) is 61.3 Å². The monoisotopic (exact) mass is 436 g/mol. The van der Waals surface area contributed by atoms with E-state index in [2.05, 4.69) is 9.97 Å². The summed E-state index contributed by atoms with van der Waals surface area (Å²) in [5.41, 5.74) is 15.6. The molecular weight excluding hydrogens is 410 g/mol. The van der Waals surface area contributed by atoms with Crippen molar-refractivity contribution >= 4 is 11.9 Å². The fraction of sp³-hybridized carbons (Fsp3) is 0.250. The first kappa shape index (κ1) is 21.5. The van der Waals surface area contributed by atoms with E-state index in [0.29, 0.717) is 11.9 Å². The molecule has 4 aromatic rings. The predicted octanol–water partition coefficient (Wildman–Crippen LogP) is 5.12. The Bertz CT molecular complexity index is 1070. The molecule has 6 nitrogen and oxygen atoms in total. The van der Waals surface area contributed by atoms with Gasteiger partial charge < -0.3 is 20.6 Å². The van der Waals surface area contributed by atoms with Gasteiger partial charge in [-0.15, -0.1) is 0 Å². The molecule has 2 aromatic heterocycles. The third-order valence-corrected chi connectivity index (χ3v) is 5.57. The molecule has 0 unspecified atom stereocenters. The fourth-order valence-electron chi connectivity index (χ4n) is 3.85. The highest BCUT2D eigenvalue weighted by Crippen LogP contribution is 2.25. The Kier molecular flexibility index (Phi) is 6.49. The average Bonchev–Trinajstić information content (AvgIpc) is 3.34. The molecule has 0 bridgehead atoms. The molecule has 0 radical (unpaired) electrons. The minimum absolute atomic E-state index is 0.270. The molecule has 166 valence electrons. The van der Waals surface area contributed by atoms with Crippen molar-refractivity contribution in [2.24, 2.45) is 0 Å². The largest absolute Gasteiger partial charge is 0.369 e. The number of imidazole rings is 2. The van der Waals surface area contributed by atoms with Crippen molar-refractivity contribution in [3.63, 3.8) is 0 Å². The van der Waals surface area contributed by atoms with Crippen LogP contribution in [0.4, 0.5) is 20.7 Å². The minimum atomic E-state index is -0.270. The maximum absolute atomic E-state index is 13.2. The van der Waals surface area contributed by atoms with Gasteiger partial charge in [-0.3, -0.25) is 0 Å². The maximum atomic E-state index is 13.2. The number of halogens is 2. The van der Waals surface area contributed by atoms with Crippen LogP contribution in [0.15, 0.2) is 60.9 Å². The number of nitrogens with zero attached hydrogens (tertiary/aromatic N) is 4. The lowest BCUT2D eigenvalue weighted by atomic mass is 10.1. The lowest BCUT2D eigenvalue weighted by Crippen LogP contribution is -2.06. The predicted molar refractivity (Wildman–Crippen MR) is 123 cm³/mol. The van der Waals surface area contributed by atoms with Gasteiger partial charge in [0.25, 0.3) is 0 Å². The molecule has 0 fully saturated rings. The van der Waals surface area contributed by atoms with Crippen LogP contribution in [-0.4, -0.2) is 19.1 Å². The van der Waals surface area contributed by atoms with Gasteiger partial charge in [0.1, 0.15) is 11.6 Å². The Hall–Kier alpha value is -3.68. The van der Waals surface area contributed by atoms with Gasteiger partial charge in [-0.05, 0) is 61.4 Å². The smallest absolute Gasteiger partial charge is 0.200 e. The van der Waals surface area contributed by atoms with E-state index in [1.807, 2.05) is 9.13 Å². The standard InChI is InChI=1S/C24H26F2N6/c25-19-9-5-17(6-10-19)21-15-29-23(27)31(21)13-3-1-2-4-14-32-22(16-30-24(32)28)18-7-11-20(26)12-8-18/h5-12,15-16H,1-4,13-14H2,(H2,27,29)(H2,28,30). The second kappa shape index (κ2) is 9.64. The number of aromatic nitrogens is 4. The second-order valence-corrected chi connectivity index (χ2v) is 7.73. The first-order valence-electron chi connectivity index (χ1n) is 10.7. The van der Waals surface area contributed by atoms with Gasteiger partial charge in [0.2, 0.25) is 11.9 Å². The first-order chi connectivity index (χ1) is 15.5. The van der Waals surface area contributed by atoms with E-state index < -0.39 is 0 Å². The van der Waals surface area contributed by atoms with Crippen LogP contribution in [-0.2, 0) is 13.1 Å². The van der Waals surface area contributed by atoms with Crippen LogP contribution in [0.1, 0.15) is 25.7 Å². The van der Waals surface area contributed by atoms with Gasteiger partial charge in [0.15, 0.2) is 0 Å². The highest BCUT2D eigenvalue weighted by Gasteiger charge is 2.11. The number of anilines is 2. The van der Waals surface area contributed by atoms with Crippen LogP contribution < -0.4 is 11.5 Å². The van der Waals surface area contributed by atoms with E-state index in [-0.39, 0.29) is 11.6 Å². The molecule has 8 heteroatoms. The summed E-state index contributed by atoms with van der Waals surface area (Å²) >= 11 is 0. The van der Waals surface area contributed by atoms with E-state index >= 15 is 0 Å². The molecule has 0 saturated carbocycles. The molecule has 0 saturated heterocycles. The van der Waals surface area contributed by atoms with Gasteiger partial charge >= 0.3 is 0 Å². The third-order valence-electron chi connectivity index (χ3n) is 5.57. The molecule has 0 atom stereocenters. The number of hydrogen-bond acceptors (Lipinski definition) is 4. The second-order valence-electron chi connectivity index (χ2n) is 7.73. The lowest BCUT2D eigenvalue weighted by Gasteiger charge is -2.12. The summed E-state index contributed by atoms with van der Waals surface area (Å²) in [5, 5.41) is 0. The van der Waals surface area contributed by atoms with Crippen LogP contribution in [0.3, 0.4) is 0 Å². The van der Waals surface area contributed by atoms with E-state index in [4.69, 9.17) is 11.5 Å². The average molecular weight is 437 g/mol. The van der Waals surface area contributed by atoms with Crippen molar-refractivity contribution in [1.29, 1.82) is 0 Å². The zero-order chi connectivity index (χ0) is 22.5. The Morgan fingerprint density at radius 3 is 1.34 bits per heavy atom. The van der Waals surface area contributed by atoms with Crippen LogP contribution >= 0.6 is 0 Å². The number of nitrogens with two attached hydrogens (primary N) is 2. The summed E-state index contributed by atoms with van der Waals surface area (Å²) in [6.07, 6.45) is 7.36. The summed E-state index contributed by atoms with van der Waals surface area (Å²) in [7, 11) is 0. The molecule has 0 amide bonds. The van der Waals surface area contributed by atoms with E-state index in [1.54, 1.807) is 36.7 Å². The van der Waals surface area contributed by atoms with Gasteiger partial charge in [-0.25, -0.2) is 18.7 Å².